The molecule has 1 aliphatic rings. The molecule has 1 N–H and O–H groups in total. The molecular weight excluding hydrogens is 214 g/mol. The summed E-state index contributed by atoms with van der Waals surface area (Å²) >= 11 is 1.86. The van der Waals surface area contributed by atoms with E-state index in [9.17, 15) is 0 Å². The molecule has 0 spiro atoms. The highest BCUT2D eigenvalue weighted by Crippen LogP contribution is 2.36. The normalized spacial score (nSPS) is 26.6. The number of thiophene rings is 1. The van der Waals surface area contributed by atoms with Gasteiger partial charge in [0.25, 0.3) is 0 Å². The summed E-state index contributed by atoms with van der Waals surface area (Å²) in [7, 11) is 0. The second-order valence-corrected chi connectivity index (χ2v) is 6.84. The van der Waals surface area contributed by atoms with Crippen LogP contribution in [0.25, 0.3) is 0 Å². The van der Waals surface area contributed by atoms with Crippen LogP contribution in [0.15, 0.2) is 17.5 Å². The molecule has 1 nitrogen and oxygen atoms in total. The SMILES string of the molecule is CC(NC1CCCC(C)(C)C1)c1cccs1. The largest absolute Gasteiger partial charge is 0.307 e. The average Bonchev–Trinajstić information content (AvgIpc) is 2.68. The monoisotopic (exact) mass is 237 g/mol. The number of hydrogen-bond acceptors (Lipinski definition) is 2. The Morgan fingerprint density at radius 2 is 2.31 bits per heavy atom. The predicted molar refractivity (Wildman–Crippen MR) is 71.9 cm³/mol. The molecular formula is C14H23NS. The fourth-order valence-electron chi connectivity index (χ4n) is 2.81. The Hall–Kier alpha value is -0.340. The molecule has 90 valence electrons. The van der Waals surface area contributed by atoms with Crippen molar-refractivity contribution in [2.24, 2.45) is 5.41 Å². The van der Waals surface area contributed by atoms with Crippen molar-refractivity contribution in [3.8, 4) is 0 Å². The fourth-order valence-corrected chi connectivity index (χ4v) is 3.56. The minimum atomic E-state index is 0.513. The van der Waals surface area contributed by atoms with E-state index in [0.29, 0.717) is 17.5 Å². The highest BCUT2D eigenvalue weighted by Gasteiger charge is 2.28. The van der Waals surface area contributed by atoms with E-state index in [1.807, 2.05) is 11.3 Å². The summed E-state index contributed by atoms with van der Waals surface area (Å²) in [5.74, 6) is 0. The van der Waals surface area contributed by atoms with Crippen molar-refractivity contribution in [2.45, 2.75) is 58.5 Å². The molecule has 2 atom stereocenters. The molecule has 1 aromatic rings. The summed E-state index contributed by atoms with van der Waals surface area (Å²) in [6.45, 7) is 7.08. The smallest absolute Gasteiger partial charge is 0.0388 e. The second-order valence-electron chi connectivity index (χ2n) is 5.86. The molecule has 0 radical (unpaired) electrons. The molecule has 2 heteroatoms. The van der Waals surface area contributed by atoms with Gasteiger partial charge in [-0.3, -0.25) is 0 Å². The first kappa shape index (κ1) is 12.1. The minimum absolute atomic E-state index is 0.513. The van der Waals surface area contributed by atoms with Gasteiger partial charge in [-0.25, -0.2) is 0 Å². The van der Waals surface area contributed by atoms with E-state index in [1.54, 1.807) is 0 Å². The third-order valence-electron chi connectivity index (χ3n) is 3.66. The molecule has 16 heavy (non-hydrogen) atoms. The molecule has 0 amide bonds. The average molecular weight is 237 g/mol. The van der Waals surface area contributed by atoms with Crippen LogP contribution in [0.2, 0.25) is 0 Å². The summed E-state index contributed by atoms with van der Waals surface area (Å²) in [5, 5.41) is 5.95. The van der Waals surface area contributed by atoms with Gasteiger partial charge in [-0.15, -0.1) is 11.3 Å². The summed E-state index contributed by atoms with van der Waals surface area (Å²) in [5.41, 5.74) is 0.533. The molecule has 2 rings (SSSR count). The van der Waals surface area contributed by atoms with E-state index in [0.717, 1.165) is 0 Å². The zero-order valence-electron chi connectivity index (χ0n) is 10.6. The summed E-state index contributed by atoms with van der Waals surface area (Å²) < 4.78 is 0. The first-order valence-electron chi connectivity index (χ1n) is 6.36. The van der Waals surface area contributed by atoms with E-state index in [2.05, 4.69) is 43.6 Å². The van der Waals surface area contributed by atoms with E-state index in [4.69, 9.17) is 0 Å². The number of rotatable bonds is 3. The molecule has 0 aliphatic heterocycles. The number of hydrogen-bond donors (Lipinski definition) is 1. The Bertz CT molecular complexity index is 315. The van der Waals surface area contributed by atoms with Crippen LogP contribution in [0.4, 0.5) is 0 Å². The maximum absolute atomic E-state index is 3.79. The van der Waals surface area contributed by atoms with Crippen molar-refractivity contribution >= 4 is 11.3 Å². The van der Waals surface area contributed by atoms with Crippen molar-refractivity contribution in [3.05, 3.63) is 22.4 Å². The van der Waals surface area contributed by atoms with E-state index in [-0.39, 0.29) is 0 Å². The topological polar surface area (TPSA) is 12.0 Å². The van der Waals surface area contributed by atoms with Crippen LogP contribution in [-0.4, -0.2) is 6.04 Å². The maximum Gasteiger partial charge on any atom is 0.0388 e. The van der Waals surface area contributed by atoms with Crippen molar-refractivity contribution in [1.82, 2.24) is 5.32 Å². The fraction of sp³-hybridized carbons (Fsp3) is 0.714. The van der Waals surface area contributed by atoms with Gasteiger partial charge >= 0.3 is 0 Å². The van der Waals surface area contributed by atoms with Crippen LogP contribution in [0.5, 0.6) is 0 Å². The maximum atomic E-state index is 3.79. The standard InChI is InChI=1S/C14H23NS/c1-11(13-7-5-9-16-13)15-12-6-4-8-14(2,3)10-12/h5,7,9,11-12,15H,4,6,8,10H2,1-3H3. The van der Waals surface area contributed by atoms with Gasteiger partial charge in [-0.05, 0) is 43.0 Å². The van der Waals surface area contributed by atoms with Gasteiger partial charge in [0, 0.05) is 17.0 Å². The molecule has 1 aromatic heterocycles. The Kier molecular flexibility index (Phi) is 3.70. The van der Waals surface area contributed by atoms with Crippen molar-refractivity contribution in [2.75, 3.05) is 0 Å². The van der Waals surface area contributed by atoms with Crippen molar-refractivity contribution < 1.29 is 0 Å². The number of nitrogens with one attached hydrogen (secondary N) is 1. The van der Waals surface area contributed by atoms with Crippen LogP contribution < -0.4 is 5.32 Å². The quantitative estimate of drug-likeness (QED) is 0.823. The Morgan fingerprint density at radius 1 is 1.50 bits per heavy atom. The van der Waals surface area contributed by atoms with E-state index in [1.165, 1.54) is 30.6 Å². The molecule has 0 bridgehead atoms. The van der Waals surface area contributed by atoms with Crippen LogP contribution in [0.3, 0.4) is 0 Å². The highest BCUT2D eigenvalue weighted by molar-refractivity contribution is 7.10. The molecule has 0 aromatic carbocycles. The van der Waals surface area contributed by atoms with Gasteiger partial charge in [0.05, 0.1) is 0 Å². The lowest BCUT2D eigenvalue weighted by Crippen LogP contribution is -2.38. The third-order valence-corrected chi connectivity index (χ3v) is 4.72. The second kappa shape index (κ2) is 4.89. The highest BCUT2D eigenvalue weighted by atomic mass is 32.1. The lowest BCUT2D eigenvalue weighted by atomic mass is 9.75. The predicted octanol–water partition coefficient (Wildman–Crippen LogP) is 4.37. The van der Waals surface area contributed by atoms with Crippen molar-refractivity contribution in [3.63, 3.8) is 0 Å². The van der Waals surface area contributed by atoms with Gasteiger partial charge in [0.2, 0.25) is 0 Å². The summed E-state index contributed by atoms with van der Waals surface area (Å²) in [4.78, 5) is 1.46. The third kappa shape index (κ3) is 3.08. The lowest BCUT2D eigenvalue weighted by Gasteiger charge is -2.36. The first-order valence-corrected chi connectivity index (χ1v) is 7.24. The minimum Gasteiger partial charge on any atom is -0.307 e. The van der Waals surface area contributed by atoms with Crippen LogP contribution in [-0.2, 0) is 0 Å². The van der Waals surface area contributed by atoms with E-state index >= 15 is 0 Å². The van der Waals surface area contributed by atoms with E-state index < -0.39 is 0 Å². The Morgan fingerprint density at radius 3 is 2.94 bits per heavy atom. The Labute approximate surface area is 103 Å². The first-order chi connectivity index (χ1) is 7.57. The Balaban J connectivity index is 1.90. The van der Waals surface area contributed by atoms with Crippen molar-refractivity contribution in [1.29, 1.82) is 0 Å². The molecule has 1 saturated carbocycles. The molecule has 0 saturated heterocycles. The molecule has 1 fully saturated rings. The van der Waals surface area contributed by atoms with Crippen LogP contribution >= 0.6 is 11.3 Å². The summed E-state index contributed by atoms with van der Waals surface area (Å²) in [6, 6.07) is 5.60. The van der Waals surface area contributed by atoms with Gasteiger partial charge in [0.1, 0.15) is 0 Å². The zero-order chi connectivity index (χ0) is 11.6. The van der Waals surface area contributed by atoms with Crippen LogP contribution in [0, 0.1) is 5.41 Å². The molecule has 1 aliphatic carbocycles. The lowest BCUT2D eigenvalue weighted by molar-refractivity contribution is 0.191. The van der Waals surface area contributed by atoms with Gasteiger partial charge in [0.15, 0.2) is 0 Å². The zero-order valence-corrected chi connectivity index (χ0v) is 11.4. The summed E-state index contributed by atoms with van der Waals surface area (Å²) in [6.07, 6.45) is 5.43. The van der Waals surface area contributed by atoms with Gasteiger partial charge in [-0.1, -0.05) is 26.3 Å². The molecule has 1 heterocycles. The van der Waals surface area contributed by atoms with Crippen LogP contribution in [0.1, 0.15) is 57.4 Å². The van der Waals surface area contributed by atoms with Gasteiger partial charge < -0.3 is 5.32 Å². The van der Waals surface area contributed by atoms with Gasteiger partial charge in [-0.2, -0.15) is 0 Å². The molecule has 2 unspecified atom stereocenters.